The first-order chi connectivity index (χ1) is 4.74. The summed E-state index contributed by atoms with van der Waals surface area (Å²) in [5.74, 6) is 1.07. The average molecular weight is 225 g/mol. The summed E-state index contributed by atoms with van der Waals surface area (Å²) in [6, 6.07) is 0. The third-order valence-electron chi connectivity index (χ3n) is 1.04. The number of hydrogen-bond acceptors (Lipinski definition) is 3. The quantitative estimate of drug-likeness (QED) is 0.682. The van der Waals surface area contributed by atoms with E-state index in [1.54, 1.807) is 13.8 Å². The summed E-state index contributed by atoms with van der Waals surface area (Å²) in [6.07, 6.45) is 5.31. The van der Waals surface area contributed by atoms with Gasteiger partial charge in [-0.25, -0.2) is 12.0 Å². The number of rotatable bonds is 1. The summed E-state index contributed by atoms with van der Waals surface area (Å²) in [6.45, 7) is 3.48. The Kier molecular flexibility index (Phi) is 4.53. The van der Waals surface area contributed by atoms with Gasteiger partial charge in [-0.15, -0.1) is 0 Å². The first-order valence-corrected chi connectivity index (χ1v) is 2.86. The second-order valence-corrected chi connectivity index (χ2v) is 1.81. The molecule has 1 aromatic heterocycles. The van der Waals surface area contributed by atoms with E-state index >= 15 is 0 Å². The van der Waals surface area contributed by atoms with Crippen molar-refractivity contribution in [1.29, 1.82) is 0 Å². The largest absolute Gasteiger partial charge is 0.528 e. The van der Waals surface area contributed by atoms with E-state index in [0.29, 0.717) is 11.6 Å². The van der Waals surface area contributed by atoms with Gasteiger partial charge in [0.2, 0.25) is 0 Å². The van der Waals surface area contributed by atoms with Gasteiger partial charge in [-0.3, -0.25) is 0 Å². The van der Waals surface area contributed by atoms with Crippen LogP contribution in [0.5, 0.6) is 0 Å². The molecular formula is C6H8N4Y-2. The fourth-order valence-electron chi connectivity index (χ4n) is 0.523. The molecule has 0 saturated carbocycles. The number of nitrogens with two attached hydrogens (primary N) is 1. The van der Waals surface area contributed by atoms with Crippen molar-refractivity contribution in [3.63, 3.8) is 0 Å². The molecule has 0 aromatic carbocycles. The average Bonchev–Trinajstić information content (AvgIpc) is 2.34. The van der Waals surface area contributed by atoms with E-state index in [2.05, 4.69) is 22.5 Å². The zero-order valence-corrected chi connectivity index (χ0v) is 9.33. The predicted octanol–water partition coefficient (Wildman–Crippen LogP) is -0.0356. The standard InChI is InChI=1S/C6H8N4.Y/c1-3-6(7)10-4-8-5(2)9-10;/h7H2,1-2H3;/q-2;. The van der Waals surface area contributed by atoms with Crippen LogP contribution in [-0.4, -0.2) is 14.8 Å². The van der Waals surface area contributed by atoms with Gasteiger partial charge < -0.3 is 21.5 Å². The second kappa shape index (κ2) is 4.62. The summed E-state index contributed by atoms with van der Waals surface area (Å²) in [4.78, 5) is 3.77. The molecule has 4 nitrogen and oxygen atoms in total. The molecule has 2 N–H and O–H groups in total. The van der Waals surface area contributed by atoms with Crippen LogP contribution in [0.3, 0.4) is 0 Å². The Morgan fingerprint density at radius 3 is 2.73 bits per heavy atom. The summed E-state index contributed by atoms with van der Waals surface area (Å²) in [5, 5.41) is 3.91. The molecule has 0 unspecified atom stereocenters. The number of aryl methyl sites for hydroxylation is 1. The monoisotopic (exact) mass is 225 g/mol. The van der Waals surface area contributed by atoms with Gasteiger partial charge in [0.25, 0.3) is 0 Å². The molecule has 0 amide bonds. The van der Waals surface area contributed by atoms with Gasteiger partial charge in [0.1, 0.15) is 0 Å². The molecule has 0 fully saturated rings. The molecule has 0 aliphatic heterocycles. The van der Waals surface area contributed by atoms with Crippen LogP contribution in [0.4, 0.5) is 0 Å². The van der Waals surface area contributed by atoms with Crippen molar-refractivity contribution in [2.45, 2.75) is 13.8 Å². The Labute approximate surface area is 90.8 Å². The summed E-state index contributed by atoms with van der Waals surface area (Å²) >= 11 is 0. The third-order valence-corrected chi connectivity index (χ3v) is 1.04. The van der Waals surface area contributed by atoms with Crippen molar-refractivity contribution in [3.8, 4) is 0 Å². The molecule has 11 heavy (non-hydrogen) atoms. The molecule has 57 valence electrons. The van der Waals surface area contributed by atoms with Gasteiger partial charge in [0.05, 0.1) is 0 Å². The molecule has 0 bridgehead atoms. The molecule has 1 radical (unpaired) electrons. The van der Waals surface area contributed by atoms with Crippen LogP contribution >= 0.6 is 0 Å². The molecule has 1 heterocycles. The van der Waals surface area contributed by atoms with Gasteiger partial charge in [0.15, 0.2) is 0 Å². The summed E-state index contributed by atoms with van der Waals surface area (Å²) in [7, 11) is 0. The molecule has 0 saturated heterocycles. The van der Waals surface area contributed by atoms with Crippen molar-refractivity contribution in [2.24, 2.45) is 5.73 Å². The molecule has 0 spiro atoms. The number of hydrogen-bond donors (Lipinski definition) is 1. The van der Waals surface area contributed by atoms with E-state index in [0.717, 1.165) is 0 Å². The zero-order chi connectivity index (χ0) is 7.56. The first-order valence-electron chi connectivity index (χ1n) is 2.86. The third kappa shape index (κ3) is 2.71. The van der Waals surface area contributed by atoms with E-state index < -0.39 is 0 Å². The SMILES string of the molecule is C[C-]=C(N)n1[c-]nc(C)n1.[Y]. The number of nitrogens with zero attached hydrogens (tertiary/aromatic N) is 3. The van der Waals surface area contributed by atoms with Crippen LogP contribution in [0, 0.1) is 19.3 Å². The van der Waals surface area contributed by atoms with Crippen molar-refractivity contribution in [1.82, 2.24) is 14.8 Å². The molecule has 1 aromatic rings. The van der Waals surface area contributed by atoms with Crippen LogP contribution in [0.15, 0.2) is 0 Å². The first kappa shape index (κ1) is 10.8. The Bertz CT molecular complexity index is 253. The van der Waals surface area contributed by atoms with Crippen molar-refractivity contribution >= 4 is 5.82 Å². The predicted molar refractivity (Wildman–Crippen MR) is 36.4 cm³/mol. The minimum atomic E-state index is 0. The maximum Gasteiger partial charge on any atom is 0.0444 e. The molecule has 0 aliphatic carbocycles. The molecule has 0 aliphatic rings. The van der Waals surface area contributed by atoms with Gasteiger partial charge in [-0.1, -0.05) is 0 Å². The summed E-state index contributed by atoms with van der Waals surface area (Å²) in [5.41, 5.74) is 5.44. The summed E-state index contributed by atoms with van der Waals surface area (Å²) < 4.78 is 1.36. The van der Waals surface area contributed by atoms with Crippen molar-refractivity contribution in [3.05, 3.63) is 18.2 Å². The maximum absolute atomic E-state index is 5.44. The smallest absolute Gasteiger partial charge is 0.0444 e. The number of allylic oxidation sites excluding steroid dienone is 1. The Balaban J connectivity index is 0.000001000. The van der Waals surface area contributed by atoms with E-state index in [9.17, 15) is 0 Å². The minimum absolute atomic E-state index is 0. The number of aromatic nitrogens is 3. The van der Waals surface area contributed by atoms with Crippen LogP contribution in [0.1, 0.15) is 12.7 Å². The van der Waals surface area contributed by atoms with Crippen LogP contribution < -0.4 is 5.73 Å². The topological polar surface area (TPSA) is 56.7 Å². The molecule has 1 rings (SSSR count). The van der Waals surface area contributed by atoms with Gasteiger partial charge in [0, 0.05) is 44.9 Å². The molecule has 5 heteroatoms. The zero-order valence-electron chi connectivity index (χ0n) is 6.50. The minimum Gasteiger partial charge on any atom is -0.528 e. The fourth-order valence-corrected chi connectivity index (χ4v) is 0.523. The fraction of sp³-hybridized carbons (Fsp3) is 0.333. The van der Waals surface area contributed by atoms with Crippen LogP contribution in [0.25, 0.3) is 5.82 Å². The van der Waals surface area contributed by atoms with Crippen molar-refractivity contribution < 1.29 is 32.7 Å². The second-order valence-electron chi connectivity index (χ2n) is 1.81. The Morgan fingerprint density at radius 2 is 2.36 bits per heavy atom. The van der Waals surface area contributed by atoms with E-state index in [-0.39, 0.29) is 32.7 Å². The van der Waals surface area contributed by atoms with E-state index in [4.69, 9.17) is 5.73 Å². The van der Waals surface area contributed by atoms with Gasteiger partial charge in [-0.2, -0.15) is 5.82 Å². The van der Waals surface area contributed by atoms with Crippen LogP contribution in [0.2, 0.25) is 0 Å². The van der Waals surface area contributed by atoms with Crippen molar-refractivity contribution in [2.75, 3.05) is 0 Å². The van der Waals surface area contributed by atoms with Gasteiger partial charge in [-0.05, 0) is 6.92 Å². The molecular weight excluding hydrogens is 217 g/mol. The Hall–Kier alpha value is -0.216. The van der Waals surface area contributed by atoms with E-state index in [1.165, 1.54) is 4.68 Å². The van der Waals surface area contributed by atoms with E-state index in [1.807, 2.05) is 0 Å². The Morgan fingerprint density at radius 1 is 1.73 bits per heavy atom. The normalized spacial score (nSPS) is 10.9. The van der Waals surface area contributed by atoms with Crippen LogP contribution in [-0.2, 0) is 32.7 Å². The van der Waals surface area contributed by atoms with Gasteiger partial charge >= 0.3 is 0 Å². The molecule has 0 atom stereocenters. The maximum atomic E-state index is 5.44.